The van der Waals surface area contributed by atoms with Crippen molar-refractivity contribution < 1.29 is 5.11 Å². The Morgan fingerprint density at radius 1 is 1.19 bits per heavy atom. The largest absolute Gasteiger partial charge is 0.508 e. The second-order valence-corrected chi connectivity index (χ2v) is 4.94. The highest BCUT2D eigenvalue weighted by atomic mass is 16.3. The fourth-order valence-corrected chi connectivity index (χ4v) is 2.24. The predicted octanol–water partition coefficient (Wildman–Crippen LogP) is 2.67. The van der Waals surface area contributed by atoms with E-state index in [9.17, 15) is 5.11 Å². The van der Waals surface area contributed by atoms with Crippen LogP contribution in [-0.4, -0.2) is 29.6 Å². The highest BCUT2D eigenvalue weighted by molar-refractivity contribution is 5.25. The van der Waals surface area contributed by atoms with Gasteiger partial charge >= 0.3 is 0 Å². The Morgan fingerprint density at radius 3 is 2.44 bits per heavy atom. The Balaban J connectivity index is 1.77. The molecule has 0 unspecified atom stereocenters. The van der Waals surface area contributed by atoms with E-state index >= 15 is 0 Å². The zero-order chi connectivity index (χ0) is 11.4. The Bertz CT molecular complexity index is 312. The fraction of sp³-hybridized carbons (Fsp3) is 0.571. The van der Waals surface area contributed by atoms with E-state index in [1.165, 1.54) is 31.5 Å². The average Bonchev–Trinajstić information content (AvgIpc) is 2.30. The van der Waals surface area contributed by atoms with Gasteiger partial charge in [-0.25, -0.2) is 0 Å². The number of nitrogens with zero attached hydrogens (tertiary/aromatic N) is 1. The zero-order valence-corrected chi connectivity index (χ0v) is 10.0. The summed E-state index contributed by atoms with van der Waals surface area (Å²) in [6, 6.07) is 7.57. The van der Waals surface area contributed by atoms with Gasteiger partial charge in [-0.2, -0.15) is 0 Å². The third-order valence-electron chi connectivity index (χ3n) is 3.53. The van der Waals surface area contributed by atoms with Crippen molar-refractivity contribution >= 4 is 0 Å². The first-order chi connectivity index (χ1) is 7.74. The first kappa shape index (κ1) is 11.5. The van der Waals surface area contributed by atoms with Crippen molar-refractivity contribution in [3.8, 4) is 5.75 Å². The van der Waals surface area contributed by atoms with E-state index in [1.807, 2.05) is 12.1 Å². The topological polar surface area (TPSA) is 23.5 Å². The molecule has 0 atom stereocenters. The minimum atomic E-state index is 0.357. The minimum absolute atomic E-state index is 0.357. The highest BCUT2D eigenvalue weighted by Crippen LogP contribution is 2.16. The van der Waals surface area contributed by atoms with E-state index in [4.69, 9.17) is 0 Å². The number of rotatable bonds is 3. The van der Waals surface area contributed by atoms with Gasteiger partial charge in [-0.1, -0.05) is 19.1 Å². The van der Waals surface area contributed by atoms with Gasteiger partial charge in [0.1, 0.15) is 5.75 Å². The number of hydrogen-bond donors (Lipinski definition) is 1. The van der Waals surface area contributed by atoms with Crippen LogP contribution in [0.25, 0.3) is 0 Å². The summed E-state index contributed by atoms with van der Waals surface area (Å²) in [6.45, 7) is 5.99. The van der Waals surface area contributed by atoms with Gasteiger partial charge in [0.2, 0.25) is 0 Å². The van der Waals surface area contributed by atoms with Crippen LogP contribution in [0.1, 0.15) is 25.3 Å². The van der Waals surface area contributed by atoms with Crippen LogP contribution in [0.5, 0.6) is 5.75 Å². The molecule has 1 aromatic carbocycles. The first-order valence-electron chi connectivity index (χ1n) is 6.24. The third-order valence-corrected chi connectivity index (χ3v) is 3.53. The molecule has 1 aromatic rings. The molecule has 2 heteroatoms. The molecule has 0 spiro atoms. The Morgan fingerprint density at radius 2 is 1.81 bits per heavy atom. The van der Waals surface area contributed by atoms with Gasteiger partial charge < -0.3 is 10.0 Å². The van der Waals surface area contributed by atoms with Gasteiger partial charge in [0.15, 0.2) is 0 Å². The molecule has 16 heavy (non-hydrogen) atoms. The maximum absolute atomic E-state index is 9.19. The normalized spacial score (nSPS) is 18.8. The number of benzene rings is 1. The van der Waals surface area contributed by atoms with Crippen molar-refractivity contribution in [2.24, 2.45) is 5.92 Å². The van der Waals surface area contributed by atoms with Crippen molar-refractivity contribution in [3.63, 3.8) is 0 Å². The Hall–Kier alpha value is -1.02. The molecule has 1 saturated heterocycles. The smallest absolute Gasteiger partial charge is 0.115 e. The molecule has 1 aliphatic rings. The molecule has 1 fully saturated rings. The van der Waals surface area contributed by atoms with Crippen LogP contribution in [0.2, 0.25) is 0 Å². The predicted molar refractivity (Wildman–Crippen MR) is 66.6 cm³/mol. The van der Waals surface area contributed by atoms with Gasteiger partial charge in [-0.3, -0.25) is 0 Å². The molecule has 1 heterocycles. The van der Waals surface area contributed by atoms with Crippen molar-refractivity contribution in [2.45, 2.75) is 26.2 Å². The lowest BCUT2D eigenvalue weighted by Crippen LogP contribution is -2.34. The number of phenols is 1. The summed E-state index contributed by atoms with van der Waals surface area (Å²) in [5.74, 6) is 1.26. The molecule has 0 saturated carbocycles. The lowest BCUT2D eigenvalue weighted by atomic mass is 9.99. The molecule has 2 nitrogen and oxygen atoms in total. The monoisotopic (exact) mass is 219 g/mol. The maximum atomic E-state index is 9.19. The van der Waals surface area contributed by atoms with E-state index in [2.05, 4.69) is 11.8 Å². The summed E-state index contributed by atoms with van der Waals surface area (Å²) in [4.78, 5) is 2.55. The molecular weight excluding hydrogens is 198 g/mol. The van der Waals surface area contributed by atoms with Crippen LogP contribution in [0.3, 0.4) is 0 Å². The van der Waals surface area contributed by atoms with Crippen LogP contribution in [0, 0.1) is 5.92 Å². The number of aromatic hydroxyl groups is 1. The van der Waals surface area contributed by atoms with Crippen molar-refractivity contribution in [1.29, 1.82) is 0 Å². The summed E-state index contributed by atoms with van der Waals surface area (Å²) in [7, 11) is 0. The molecule has 88 valence electrons. The number of phenolic OH excluding ortho intramolecular Hbond substituents is 1. The van der Waals surface area contributed by atoms with E-state index in [0.717, 1.165) is 18.9 Å². The molecule has 1 N–H and O–H groups in total. The van der Waals surface area contributed by atoms with Gasteiger partial charge in [-0.15, -0.1) is 0 Å². The SMILES string of the molecule is CC1CCN(CCc2ccc(O)cc2)CC1. The second kappa shape index (κ2) is 5.35. The standard InChI is InChI=1S/C14H21NO/c1-12-6-9-15(10-7-12)11-8-13-2-4-14(16)5-3-13/h2-5,12,16H,6-11H2,1H3. The van der Waals surface area contributed by atoms with E-state index in [-0.39, 0.29) is 0 Å². The molecule has 0 bridgehead atoms. The lowest BCUT2D eigenvalue weighted by molar-refractivity contribution is 0.194. The first-order valence-corrected chi connectivity index (χ1v) is 6.24. The summed E-state index contributed by atoms with van der Waals surface area (Å²) in [6.07, 6.45) is 3.78. The summed E-state index contributed by atoms with van der Waals surface area (Å²) in [5.41, 5.74) is 1.32. The lowest BCUT2D eigenvalue weighted by Gasteiger charge is -2.30. The second-order valence-electron chi connectivity index (χ2n) is 4.94. The summed E-state index contributed by atoms with van der Waals surface area (Å²) >= 11 is 0. The Labute approximate surface area is 97.9 Å². The molecule has 2 rings (SSSR count). The van der Waals surface area contributed by atoms with Crippen LogP contribution in [0.4, 0.5) is 0 Å². The van der Waals surface area contributed by atoms with Crippen LogP contribution in [-0.2, 0) is 6.42 Å². The van der Waals surface area contributed by atoms with Crippen LogP contribution in [0.15, 0.2) is 24.3 Å². The summed E-state index contributed by atoms with van der Waals surface area (Å²) < 4.78 is 0. The van der Waals surface area contributed by atoms with E-state index in [0.29, 0.717) is 5.75 Å². The number of piperidine rings is 1. The van der Waals surface area contributed by atoms with Gasteiger partial charge in [0.05, 0.1) is 0 Å². The van der Waals surface area contributed by atoms with E-state index < -0.39 is 0 Å². The van der Waals surface area contributed by atoms with Crippen molar-refractivity contribution in [3.05, 3.63) is 29.8 Å². The third kappa shape index (κ3) is 3.24. The van der Waals surface area contributed by atoms with E-state index in [1.54, 1.807) is 12.1 Å². The summed E-state index contributed by atoms with van der Waals surface area (Å²) in [5, 5.41) is 9.19. The van der Waals surface area contributed by atoms with Crippen LogP contribution >= 0.6 is 0 Å². The molecule has 1 aliphatic heterocycles. The van der Waals surface area contributed by atoms with Crippen molar-refractivity contribution in [1.82, 2.24) is 4.90 Å². The molecule has 0 aromatic heterocycles. The van der Waals surface area contributed by atoms with Gasteiger partial charge in [0.25, 0.3) is 0 Å². The zero-order valence-electron chi connectivity index (χ0n) is 10.0. The maximum Gasteiger partial charge on any atom is 0.115 e. The van der Waals surface area contributed by atoms with Gasteiger partial charge in [-0.05, 0) is 56.0 Å². The van der Waals surface area contributed by atoms with Gasteiger partial charge in [0, 0.05) is 6.54 Å². The number of hydrogen-bond acceptors (Lipinski definition) is 2. The molecule has 0 aliphatic carbocycles. The minimum Gasteiger partial charge on any atom is -0.508 e. The average molecular weight is 219 g/mol. The fourth-order valence-electron chi connectivity index (χ4n) is 2.24. The molecule has 0 radical (unpaired) electrons. The quantitative estimate of drug-likeness (QED) is 0.845. The Kier molecular flexibility index (Phi) is 3.83. The highest BCUT2D eigenvalue weighted by Gasteiger charge is 2.14. The number of likely N-dealkylation sites (tertiary alicyclic amines) is 1. The van der Waals surface area contributed by atoms with Crippen molar-refractivity contribution in [2.75, 3.05) is 19.6 Å². The molecule has 0 amide bonds. The molecular formula is C14H21NO. The van der Waals surface area contributed by atoms with Crippen LogP contribution < -0.4 is 0 Å².